The molecule has 2 rings (SSSR count). The molecular formula is C14H12BrClFN. The molecule has 0 radical (unpaired) electrons. The first-order chi connectivity index (χ1) is 8.58. The SMILES string of the molecule is Cc1c(Cl)cccc1NCc1ccc(F)cc1Br. The van der Waals surface area contributed by atoms with Crippen LogP contribution < -0.4 is 5.32 Å². The standard InChI is InChI=1S/C14H12BrClFN/c1-9-13(16)3-2-4-14(9)18-8-10-5-6-11(17)7-12(10)15/h2-7,18H,8H2,1H3. The Morgan fingerprint density at radius 3 is 2.78 bits per heavy atom. The Balaban J connectivity index is 2.14. The third-order valence-corrected chi connectivity index (χ3v) is 3.90. The van der Waals surface area contributed by atoms with E-state index < -0.39 is 0 Å². The molecule has 0 spiro atoms. The summed E-state index contributed by atoms with van der Waals surface area (Å²) in [7, 11) is 0. The second kappa shape index (κ2) is 5.72. The van der Waals surface area contributed by atoms with Crippen LogP contribution >= 0.6 is 27.5 Å². The van der Waals surface area contributed by atoms with Gasteiger partial charge in [-0.1, -0.05) is 39.7 Å². The molecule has 0 bridgehead atoms. The molecule has 0 amide bonds. The van der Waals surface area contributed by atoms with E-state index in [0.29, 0.717) is 6.54 Å². The molecule has 1 N–H and O–H groups in total. The highest BCUT2D eigenvalue weighted by molar-refractivity contribution is 9.10. The summed E-state index contributed by atoms with van der Waals surface area (Å²) in [4.78, 5) is 0. The average molecular weight is 329 g/mol. The van der Waals surface area contributed by atoms with Crippen LogP contribution in [0.2, 0.25) is 5.02 Å². The smallest absolute Gasteiger partial charge is 0.124 e. The van der Waals surface area contributed by atoms with Gasteiger partial charge in [0, 0.05) is 21.7 Å². The van der Waals surface area contributed by atoms with Crippen LogP contribution in [0.25, 0.3) is 0 Å². The Morgan fingerprint density at radius 2 is 2.06 bits per heavy atom. The van der Waals surface area contributed by atoms with Gasteiger partial charge < -0.3 is 5.32 Å². The van der Waals surface area contributed by atoms with Crippen molar-refractivity contribution < 1.29 is 4.39 Å². The topological polar surface area (TPSA) is 12.0 Å². The molecule has 0 aromatic heterocycles. The Kier molecular flexibility index (Phi) is 4.25. The van der Waals surface area contributed by atoms with Crippen molar-refractivity contribution in [2.75, 3.05) is 5.32 Å². The van der Waals surface area contributed by atoms with Crippen LogP contribution in [0.4, 0.5) is 10.1 Å². The number of hydrogen-bond donors (Lipinski definition) is 1. The zero-order chi connectivity index (χ0) is 13.1. The van der Waals surface area contributed by atoms with Gasteiger partial charge in [0.2, 0.25) is 0 Å². The number of halogens is 3. The Labute approximate surface area is 119 Å². The molecule has 0 aliphatic carbocycles. The van der Waals surface area contributed by atoms with E-state index in [1.807, 2.05) is 25.1 Å². The van der Waals surface area contributed by atoms with Crippen LogP contribution in [0.1, 0.15) is 11.1 Å². The maximum Gasteiger partial charge on any atom is 0.124 e. The van der Waals surface area contributed by atoms with Crippen molar-refractivity contribution in [2.45, 2.75) is 13.5 Å². The van der Waals surface area contributed by atoms with Crippen molar-refractivity contribution in [1.82, 2.24) is 0 Å². The fourth-order valence-corrected chi connectivity index (χ4v) is 2.32. The van der Waals surface area contributed by atoms with Crippen molar-refractivity contribution >= 4 is 33.2 Å². The fraction of sp³-hybridized carbons (Fsp3) is 0.143. The molecule has 0 aliphatic rings. The number of anilines is 1. The van der Waals surface area contributed by atoms with Gasteiger partial charge >= 0.3 is 0 Å². The van der Waals surface area contributed by atoms with Gasteiger partial charge in [-0.05, 0) is 42.3 Å². The average Bonchev–Trinajstić information content (AvgIpc) is 2.33. The highest BCUT2D eigenvalue weighted by atomic mass is 79.9. The van der Waals surface area contributed by atoms with Crippen LogP contribution in [-0.4, -0.2) is 0 Å². The third kappa shape index (κ3) is 3.03. The molecule has 1 nitrogen and oxygen atoms in total. The van der Waals surface area contributed by atoms with Crippen LogP contribution in [-0.2, 0) is 6.54 Å². The number of rotatable bonds is 3. The minimum atomic E-state index is -0.246. The molecular weight excluding hydrogens is 317 g/mol. The van der Waals surface area contributed by atoms with E-state index in [2.05, 4.69) is 21.2 Å². The van der Waals surface area contributed by atoms with Crippen molar-refractivity contribution in [3.05, 3.63) is 62.8 Å². The molecule has 18 heavy (non-hydrogen) atoms. The molecule has 2 aromatic carbocycles. The lowest BCUT2D eigenvalue weighted by atomic mass is 10.1. The lowest BCUT2D eigenvalue weighted by molar-refractivity contribution is 0.626. The zero-order valence-electron chi connectivity index (χ0n) is 9.81. The highest BCUT2D eigenvalue weighted by Crippen LogP contribution is 2.25. The maximum atomic E-state index is 13.0. The maximum absolute atomic E-state index is 13.0. The molecule has 0 saturated carbocycles. The van der Waals surface area contributed by atoms with Gasteiger partial charge in [0.25, 0.3) is 0 Å². The summed E-state index contributed by atoms with van der Waals surface area (Å²) in [6.45, 7) is 2.58. The molecule has 0 fully saturated rings. The highest BCUT2D eigenvalue weighted by Gasteiger charge is 2.04. The molecule has 94 valence electrons. The molecule has 2 aromatic rings. The van der Waals surface area contributed by atoms with Crippen LogP contribution in [0.3, 0.4) is 0 Å². The second-order valence-corrected chi connectivity index (χ2v) is 5.26. The fourth-order valence-electron chi connectivity index (χ4n) is 1.65. The number of nitrogens with one attached hydrogen (secondary N) is 1. The minimum absolute atomic E-state index is 0.246. The lowest BCUT2D eigenvalue weighted by Gasteiger charge is -2.11. The molecule has 0 aliphatic heterocycles. The monoisotopic (exact) mass is 327 g/mol. The summed E-state index contributed by atoms with van der Waals surface area (Å²) in [5.74, 6) is -0.246. The predicted molar refractivity (Wildman–Crippen MR) is 77.6 cm³/mol. The van der Waals surface area contributed by atoms with E-state index in [1.165, 1.54) is 12.1 Å². The van der Waals surface area contributed by atoms with E-state index in [1.54, 1.807) is 6.07 Å². The molecule has 0 saturated heterocycles. The van der Waals surface area contributed by atoms with Crippen molar-refractivity contribution in [3.63, 3.8) is 0 Å². The zero-order valence-corrected chi connectivity index (χ0v) is 12.1. The third-order valence-electron chi connectivity index (χ3n) is 2.75. The van der Waals surface area contributed by atoms with Gasteiger partial charge in [-0.2, -0.15) is 0 Å². The normalized spacial score (nSPS) is 10.4. The summed E-state index contributed by atoms with van der Waals surface area (Å²) in [6.07, 6.45) is 0. The first-order valence-corrected chi connectivity index (χ1v) is 6.68. The van der Waals surface area contributed by atoms with E-state index in [-0.39, 0.29) is 5.82 Å². The quantitative estimate of drug-likeness (QED) is 0.820. The summed E-state index contributed by atoms with van der Waals surface area (Å²) in [5.41, 5.74) is 2.99. The summed E-state index contributed by atoms with van der Waals surface area (Å²) in [6, 6.07) is 10.4. The van der Waals surface area contributed by atoms with Gasteiger partial charge in [0.15, 0.2) is 0 Å². The number of benzene rings is 2. The molecule has 4 heteroatoms. The van der Waals surface area contributed by atoms with Crippen molar-refractivity contribution in [1.29, 1.82) is 0 Å². The van der Waals surface area contributed by atoms with Crippen LogP contribution in [0.5, 0.6) is 0 Å². The van der Waals surface area contributed by atoms with E-state index in [9.17, 15) is 4.39 Å². The Bertz CT molecular complexity index is 572. The molecule has 0 heterocycles. The first-order valence-electron chi connectivity index (χ1n) is 5.51. The van der Waals surface area contributed by atoms with Crippen LogP contribution in [0, 0.1) is 12.7 Å². The summed E-state index contributed by atoms with van der Waals surface area (Å²) < 4.78 is 13.7. The predicted octanol–water partition coefficient (Wildman–Crippen LogP) is 5.16. The van der Waals surface area contributed by atoms with Gasteiger partial charge in [0.05, 0.1) is 0 Å². The minimum Gasteiger partial charge on any atom is -0.381 e. The first kappa shape index (κ1) is 13.4. The van der Waals surface area contributed by atoms with Gasteiger partial charge in [-0.25, -0.2) is 4.39 Å². The Hall–Kier alpha value is -1.06. The molecule has 0 atom stereocenters. The lowest BCUT2D eigenvalue weighted by Crippen LogP contribution is -2.02. The van der Waals surface area contributed by atoms with E-state index in [4.69, 9.17) is 11.6 Å². The number of hydrogen-bond acceptors (Lipinski definition) is 1. The van der Waals surface area contributed by atoms with E-state index in [0.717, 1.165) is 26.3 Å². The van der Waals surface area contributed by atoms with Gasteiger partial charge in [-0.15, -0.1) is 0 Å². The van der Waals surface area contributed by atoms with Gasteiger partial charge in [0.1, 0.15) is 5.82 Å². The van der Waals surface area contributed by atoms with Crippen molar-refractivity contribution in [2.24, 2.45) is 0 Å². The van der Waals surface area contributed by atoms with Crippen LogP contribution in [0.15, 0.2) is 40.9 Å². The van der Waals surface area contributed by atoms with Gasteiger partial charge in [-0.3, -0.25) is 0 Å². The summed E-state index contributed by atoms with van der Waals surface area (Å²) in [5, 5.41) is 4.03. The summed E-state index contributed by atoms with van der Waals surface area (Å²) >= 11 is 9.40. The largest absolute Gasteiger partial charge is 0.381 e. The second-order valence-electron chi connectivity index (χ2n) is 4.00. The van der Waals surface area contributed by atoms with Crippen molar-refractivity contribution in [3.8, 4) is 0 Å². The molecule has 0 unspecified atom stereocenters. The van der Waals surface area contributed by atoms with E-state index >= 15 is 0 Å². The Morgan fingerprint density at radius 1 is 1.28 bits per heavy atom.